The summed E-state index contributed by atoms with van der Waals surface area (Å²) in [6, 6.07) is 9.17. The number of para-hydroxylation sites is 1. The van der Waals surface area contributed by atoms with E-state index in [1.54, 1.807) is 11.8 Å². The molecule has 0 atom stereocenters. The molecule has 0 spiro atoms. The second-order valence-electron chi connectivity index (χ2n) is 6.29. The van der Waals surface area contributed by atoms with Crippen molar-refractivity contribution in [1.82, 2.24) is 4.90 Å². The normalized spacial score (nSPS) is 16.6. The molecule has 0 unspecified atom stereocenters. The van der Waals surface area contributed by atoms with Crippen LogP contribution in [0.3, 0.4) is 0 Å². The number of anilines is 1. The quantitative estimate of drug-likeness (QED) is 0.716. The molecule has 7 heteroatoms. The molecule has 1 saturated heterocycles. The highest BCUT2D eigenvalue weighted by molar-refractivity contribution is 6.02. The second-order valence-corrected chi connectivity index (χ2v) is 6.29. The number of carbonyl (C=O) groups is 3. The third-order valence-electron chi connectivity index (χ3n) is 4.82. The molecule has 2 rings (SSSR count). The zero-order valence-electron chi connectivity index (χ0n) is 15.6. The van der Waals surface area contributed by atoms with Gasteiger partial charge in [0.2, 0.25) is 5.91 Å². The van der Waals surface area contributed by atoms with Gasteiger partial charge in [-0.25, -0.2) is 4.79 Å². The van der Waals surface area contributed by atoms with E-state index in [1.165, 1.54) is 14.2 Å². The summed E-state index contributed by atoms with van der Waals surface area (Å²) in [5.74, 6) is -0.885. The zero-order valence-corrected chi connectivity index (χ0v) is 15.6. The Bertz CT molecular complexity index is 639. The average Bonchev–Trinajstić information content (AvgIpc) is 2.69. The van der Waals surface area contributed by atoms with Gasteiger partial charge in [-0.2, -0.15) is 0 Å². The number of esters is 2. The number of carbonyl (C=O) groups excluding carboxylic acids is 3. The van der Waals surface area contributed by atoms with Crippen molar-refractivity contribution in [2.45, 2.75) is 31.7 Å². The Labute approximate surface area is 153 Å². The highest BCUT2D eigenvalue weighted by Gasteiger charge is 2.49. The summed E-state index contributed by atoms with van der Waals surface area (Å²) in [4.78, 5) is 40.6. The molecule has 1 aromatic carbocycles. The molecule has 26 heavy (non-hydrogen) atoms. The maximum Gasteiger partial charge on any atom is 0.332 e. The number of likely N-dealkylation sites (tertiary alicyclic amines) is 1. The molecule has 1 aliphatic heterocycles. The van der Waals surface area contributed by atoms with Gasteiger partial charge in [-0.15, -0.1) is 0 Å². The molecule has 0 aromatic heterocycles. The number of hydrogen-bond acceptors (Lipinski definition) is 6. The maximum atomic E-state index is 12.8. The largest absolute Gasteiger partial charge is 0.468 e. The summed E-state index contributed by atoms with van der Waals surface area (Å²) in [5.41, 5.74) is -0.401. The summed E-state index contributed by atoms with van der Waals surface area (Å²) < 4.78 is 9.79. The van der Waals surface area contributed by atoms with Gasteiger partial charge in [0, 0.05) is 25.2 Å². The van der Waals surface area contributed by atoms with Crippen LogP contribution in [0.25, 0.3) is 0 Å². The predicted octanol–water partition coefficient (Wildman–Crippen LogP) is 1.61. The van der Waals surface area contributed by atoms with Crippen LogP contribution in [-0.2, 0) is 23.9 Å². The number of hydrogen-bond donors (Lipinski definition) is 0. The van der Waals surface area contributed by atoms with Gasteiger partial charge in [0.1, 0.15) is 5.54 Å². The summed E-state index contributed by atoms with van der Waals surface area (Å²) in [7, 11) is 2.69. The van der Waals surface area contributed by atoms with Crippen LogP contribution >= 0.6 is 0 Å². The third-order valence-corrected chi connectivity index (χ3v) is 4.82. The van der Waals surface area contributed by atoms with Crippen molar-refractivity contribution in [3.63, 3.8) is 0 Å². The smallest absolute Gasteiger partial charge is 0.332 e. The van der Waals surface area contributed by atoms with Crippen LogP contribution in [-0.4, -0.2) is 62.1 Å². The van der Waals surface area contributed by atoms with Gasteiger partial charge in [0.05, 0.1) is 20.8 Å². The van der Waals surface area contributed by atoms with E-state index in [0.717, 1.165) is 0 Å². The number of rotatable bonds is 6. The Morgan fingerprint density at radius 3 is 2.19 bits per heavy atom. The Kier molecular flexibility index (Phi) is 6.74. The Morgan fingerprint density at radius 1 is 1.08 bits per heavy atom. The summed E-state index contributed by atoms with van der Waals surface area (Å²) in [6.07, 6.45) is 1.05. The molecule has 0 saturated carbocycles. The Balaban J connectivity index is 2.35. The highest BCUT2D eigenvalue weighted by atomic mass is 16.5. The van der Waals surface area contributed by atoms with Crippen molar-refractivity contribution in [3.05, 3.63) is 30.3 Å². The molecule has 1 fully saturated rings. The summed E-state index contributed by atoms with van der Waals surface area (Å²) in [6.45, 7) is 2.92. The van der Waals surface area contributed by atoms with Crippen LogP contribution in [0, 0.1) is 0 Å². The van der Waals surface area contributed by atoms with E-state index in [1.807, 2.05) is 35.2 Å². The van der Waals surface area contributed by atoms with E-state index in [9.17, 15) is 14.4 Å². The van der Waals surface area contributed by atoms with Gasteiger partial charge in [0.15, 0.2) is 0 Å². The second kappa shape index (κ2) is 8.80. The standard InChI is InChI=1S/C19H26N2O5/c1-4-16(22)21(15-8-6-5-7-9-15)19(18(24)26-3)10-12-20(13-11-19)14-17(23)25-2/h5-9H,4,10-14H2,1-3H3. The van der Waals surface area contributed by atoms with Gasteiger partial charge in [-0.1, -0.05) is 25.1 Å². The minimum atomic E-state index is -1.07. The van der Waals surface area contributed by atoms with Gasteiger partial charge < -0.3 is 9.47 Å². The first kappa shape index (κ1) is 19.9. The first-order chi connectivity index (χ1) is 12.5. The van der Waals surface area contributed by atoms with Crippen molar-refractivity contribution >= 4 is 23.5 Å². The number of methoxy groups -OCH3 is 2. The molecule has 1 aliphatic rings. The molecule has 1 heterocycles. The maximum absolute atomic E-state index is 12.8. The molecule has 0 N–H and O–H groups in total. The molecule has 0 bridgehead atoms. The molecule has 1 aromatic rings. The van der Waals surface area contributed by atoms with Crippen LogP contribution in [0.5, 0.6) is 0 Å². The van der Waals surface area contributed by atoms with Gasteiger partial charge in [0.25, 0.3) is 0 Å². The van der Waals surface area contributed by atoms with Crippen LogP contribution in [0.4, 0.5) is 5.69 Å². The Morgan fingerprint density at radius 2 is 1.69 bits per heavy atom. The molecule has 0 radical (unpaired) electrons. The van der Waals surface area contributed by atoms with E-state index in [0.29, 0.717) is 31.6 Å². The molecular weight excluding hydrogens is 336 g/mol. The minimum absolute atomic E-state index is 0.136. The molecule has 7 nitrogen and oxygen atoms in total. The van der Waals surface area contributed by atoms with E-state index in [2.05, 4.69) is 0 Å². The van der Waals surface area contributed by atoms with Crippen LogP contribution in [0.15, 0.2) is 30.3 Å². The van der Waals surface area contributed by atoms with Gasteiger partial charge in [-0.05, 0) is 25.0 Å². The number of ether oxygens (including phenoxy) is 2. The summed E-state index contributed by atoms with van der Waals surface area (Å²) in [5, 5.41) is 0. The van der Waals surface area contributed by atoms with E-state index in [-0.39, 0.29) is 24.8 Å². The van der Waals surface area contributed by atoms with Crippen LogP contribution in [0.1, 0.15) is 26.2 Å². The fraction of sp³-hybridized carbons (Fsp3) is 0.526. The number of piperidine rings is 1. The van der Waals surface area contributed by atoms with Gasteiger partial charge in [-0.3, -0.25) is 19.4 Å². The molecule has 0 aliphatic carbocycles. The van der Waals surface area contributed by atoms with E-state index >= 15 is 0 Å². The lowest BCUT2D eigenvalue weighted by Gasteiger charge is -2.46. The minimum Gasteiger partial charge on any atom is -0.468 e. The summed E-state index contributed by atoms with van der Waals surface area (Å²) >= 11 is 0. The van der Waals surface area contributed by atoms with E-state index in [4.69, 9.17) is 9.47 Å². The lowest BCUT2D eigenvalue weighted by molar-refractivity contribution is -0.151. The van der Waals surface area contributed by atoms with E-state index < -0.39 is 11.5 Å². The van der Waals surface area contributed by atoms with Crippen molar-refractivity contribution in [2.24, 2.45) is 0 Å². The predicted molar refractivity (Wildman–Crippen MR) is 96.7 cm³/mol. The SMILES string of the molecule is CCC(=O)N(c1ccccc1)C1(C(=O)OC)CCN(CC(=O)OC)CC1. The fourth-order valence-electron chi connectivity index (χ4n) is 3.40. The van der Waals surface area contributed by atoms with Crippen molar-refractivity contribution in [2.75, 3.05) is 38.8 Å². The topological polar surface area (TPSA) is 76.2 Å². The molecule has 142 valence electrons. The average molecular weight is 362 g/mol. The van der Waals surface area contributed by atoms with Crippen molar-refractivity contribution < 1.29 is 23.9 Å². The number of nitrogens with zero attached hydrogens (tertiary/aromatic N) is 2. The third kappa shape index (κ3) is 4.04. The highest BCUT2D eigenvalue weighted by Crippen LogP contribution is 2.35. The van der Waals surface area contributed by atoms with Gasteiger partial charge >= 0.3 is 11.9 Å². The monoisotopic (exact) mass is 362 g/mol. The molecular formula is C19H26N2O5. The van der Waals surface area contributed by atoms with Crippen LogP contribution < -0.4 is 4.90 Å². The fourth-order valence-corrected chi connectivity index (χ4v) is 3.40. The van der Waals surface area contributed by atoms with Crippen LogP contribution in [0.2, 0.25) is 0 Å². The first-order valence-electron chi connectivity index (χ1n) is 8.74. The van der Waals surface area contributed by atoms with Crippen molar-refractivity contribution in [1.29, 1.82) is 0 Å². The first-order valence-corrected chi connectivity index (χ1v) is 8.74. The number of amides is 1. The Hall–Kier alpha value is -2.41. The number of benzene rings is 1. The zero-order chi connectivity index (χ0) is 19.2. The van der Waals surface area contributed by atoms with Crippen molar-refractivity contribution in [3.8, 4) is 0 Å². The lowest BCUT2D eigenvalue weighted by atomic mass is 9.84. The molecule has 1 amide bonds. The lowest BCUT2D eigenvalue weighted by Crippen LogP contribution is -2.63.